The van der Waals surface area contributed by atoms with Crippen LogP contribution in [0.1, 0.15) is 12.1 Å². The van der Waals surface area contributed by atoms with Crippen LogP contribution in [0, 0.1) is 11.3 Å². The molecule has 0 atom stereocenters. The van der Waals surface area contributed by atoms with Crippen LogP contribution in [0.2, 0.25) is 0 Å². The average molecular weight is 289 g/mol. The molecule has 1 rings (SSSR count). The summed E-state index contributed by atoms with van der Waals surface area (Å²) in [6.07, 6.45) is -4.46. The maximum atomic E-state index is 12.7. The first-order valence-corrected chi connectivity index (χ1v) is 5.71. The van der Waals surface area contributed by atoms with Crippen molar-refractivity contribution < 1.29 is 17.9 Å². The molecule has 1 heterocycles. The number of nitriles is 1. The topological polar surface area (TPSA) is 88.1 Å². The van der Waals surface area contributed by atoms with Gasteiger partial charge in [0, 0.05) is 26.3 Å². The Morgan fingerprint density at radius 2 is 2.10 bits per heavy atom. The van der Waals surface area contributed by atoms with Crippen molar-refractivity contribution in [2.75, 3.05) is 37.4 Å². The zero-order valence-electron chi connectivity index (χ0n) is 10.8. The lowest BCUT2D eigenvalue weighted by Gasteiger charge is -2.23. The number of hydrogen-bond acceptors (Lipinski definition) is 6. The number of hydrogen-bond donors (Lipinski definition) is 1. The number of rotatable bonds is 6. The largest absolute Gasteiger partial charge is 0.433 e. The van der Waals surface area contributed by atoms with E-state index in [9.17, 15) is 13.2 Å². The zero-order valence-corrected chi connectivity index (χ0v) is 10.8. The molecule has 0 aliphatic carbocycles. The van der Waals surface area contributed by atoms with Gasteiger partial charge in [-0.1, -0.05) is 0 Å². The molecular formula is C11H14F3N5O. The van der Waals surface area contributed by atoms with Gasteiger partial charge in [0.15, 0.2) is 5.69 Å². The molecule has 0 radical (unpaired) electrons. The van der Waals surface area contributed by atoms with E-state index in [1.165, 1.54) is 12.0 Å². The number of nitrogen functional groups attached to an aromatic ring is 1. The normalized spacial score (nSPS) is 11.2. The van der Waals surface area contributed by atoms with E-state index in [0.29, 0.717) is 6.54 Å². The number of ether oxygens (including phenoxy) is 1. The van der Waals surface area contributed by atoms with Crippen molar-refractivity contribution in [1.82, 2.24) is 9.97 Å². The fourth-order valence-corrected chi connectivity index (χ4v) is 1.49. The summed E-state index contributed by atoms with van der Waals surface area (Å²) in [4.78, 5) is 8.45. The van der Waals surface area contributed by atoms with Gasteiger partial charge in [-0.3, -0.25) is 0 Å². The van der Waals surface area contributed by atoms with Gasteiger partial charge in [-0.05, 0) is 0 Å². The molecule has 9 heteroatoms. The average Bonchev–Trinajstić information content (AvgIpc) is 2.37. The molecule has 0 fully saturated rings. The Hall–Kier alpha value is -2.08. The molecule has 1 aromatic rings. The van der Waals surface area contributed by atoms with Gasteiger partial charge in [-0.15, -0.1) is 0 Å². The van der Waals surface area contributed by atoms with Crippen molar-refractivity contribution in [3.05, 3.63) is 11.8 Å². The predicted octanol–water partition coefficient (Wildman–Crippen LogP) is 1.44. The van der Waals surface area contributed by atoms with E-state index in [1.807, 2.05) is 6.07 Å². The molecule has 6 nitrogen and oxygen atoms in total. The molecule has 0 aromatic carbocycles. The van der Waals surface area contributed by atoms with Gasteiger partial charge >= 0.3 is 6.18 Å². The highest BCUT2D eigenvalue weighted by atomic mass is 19.4. The van der Waals surface area contributed by atoms with Gasteiger partial charge in [0.25, 0.3) is 0 Å². The van der Waals surface area contributed by atoms with Gasteiger partial charge in [0.2, 0.25) is 5.95 Å². The second-order valence-corrected chi connectivity index (χ2v) is 3.86. The molecule has 0 bridgehead atoms. The number of methoxy groups -OCH3 is 1. The van der Waals surface area contributed by atoms with E-state index in [1.54, 1.807) is 0 Å². The molecule has 0 aliphatic rings. The molecule has 0 spiro atoms. The van der Waals surface area contributed by atoms with Gasteiger partial charge in [0.1, 0.15) is 5.82 Å². The van der Waals surface area contributed by atoms with Crippen molar-refractivity contribution in [3.8, 4) is 6.07 Å². The number of alkyl halides is 3. The number of nitrogens with zero attached hydrogens (tertiary/aromatic N) is 4. The van der Waals surface area contributed by atoms with E-state index < -0.39 is 17.8 Å². The fraction of sp³-hybridized carbons (Fsp3) is 0.545. The van der Waals surface area contributed by atoms with Gasteiger partial charge in [-0.2, -0.15) is 23.4 Å². The summed E-state index contributed by atoms with van der Waals surface area (Å²) in [6, 6.07) is 2.73. The van der Waals surface area contributed by atoms with E-state index in [0.717, 1.165) is 6.07 Å². The van der Waals surface area contributed by atoms with E-state index in [2.05, 4.69) is 9.97 Å². The SMILES string of the molecule is COCCN(CCC#N)c1cc(C(F)(F)F)nc(N)n1. The Balaban J connectivity index is 3.05. The fourth-order valence-electron chi connectivity index (χ4n) is 1.49. The summed E-state index contributed by atoms with van der Waals surface area (Å²) in [6.45, 7) is 0.816. The first-order chi connectivity index (χ1) is 9.38. The molecule has 0 saturated heterocycles. The predicted molar refractivity (Wildman–Crippen MR) is 65.8 cm³/mol. The highest BCUT2D eigenvalue weighted by Gasteiger charge is 2.34. The van der Waals surface area contributed by atoms with Crippen LogP contribution in [-0.4, -0.2) is 36.8 Å². The molecule has 2 N–H and O–H groups in total. The Morgan fingerprint density at radius 3 is 2.65 bits per heavy atom. The first kappa shape index (κ1) is 16.0. The molecule has 0 aliphatic heterocycles. The summed E-state index contributed by atoms with van der Waals surface area (Å²) >= 11 is 0. The summed E-state index contributed by atoms with van der Waals surface area (Å²) in [5, 5.41) is 8.58. The summed E-state index contributed by atoms with van der Waals surface area (Å²) in [7, 11) is 1.47. The second kappa shape index (κ2) is 6.91. The van der Waals surface area contributed by atoms with Crippen molar-refractivity contribution in [2.24, 2.45) is 0 Å². The van der Waals surface area contributed by atoms with Crippen molar-refractivity contribution >= 4 is 11.8 Å². The number of aromatic nitrogens is 2. The summed E-state index contributed by atoms with van der Waals surface area (Å²) in [5.41, 5.74) is 4.19. The third kappa shape index (κ3) is 4.55. The van der Waals surface area contributed by atoms with Crippen molar-refractivity contribution in [1.29, 1.82) is 5.26 Å². The lowest BCUT2D eigenvalue weighted by Crippen LogP contribution is -2.30. The van der Waals surface area contributed by atoms with Gasteiger partial charge in [0.05, 0.1) is 19.1 Å². The molecule has 20 heavy (non-hydrogen) atoms. The number of halogens is 3. The maximum absolute atomic E-state index is 12.7. The minimum Gasteiger partial charge on any atom is -0.383 e. The number of nitrogens with two attached hydrogens (primary N) is 1. The molecule has 0 amide bonds. The molecular weight excluding hydrogens is 275 g/mol. The first-order valence-electron chi connectivity index (χ1n) is 5.71. The van der Waals surface area contributed by atoms with Crippen LogP contribution in [0.25, 0.3) is 0 Å². The lowest BCUT2D eigenvalue weighted by atomic mass is 10.3. The molecule has 1 aromatic heterocycles. The molecule has 0 unspecified atom stereocenters. The lowest BCUT2D eigenvalue weighted by molar-refractivity contribution is -0.141. The minimum atomic E-state index is -4.60. The third-order valence-electron chi connectivity index (χ3n) is 2.40. The Labute approximate surface area is 114 Å². The highest BCUT2D eigenvalue weighted by Crippen LogP contribution is 2.30. The van der Waals surface area contributed by atoms with E-state index in [4.69, 9.17) is 15.7 Å². The smallest absolute Gasteiger partial charge is 0.383 e. The Kier molecular flexibility index (Phi) is 5.52. The van der Waals surface area contributed by atoms with Crippen LogP contribution in [0.3, 0.4) is 0 Å². The van der Waals surface area contributed by atoms with E-state index in [-0.39, 0.29) is 25.4 Å². The van der Waals surface area contributed by atoms with Gasteiger partial charge in [-0.25, -0.2) is 4.98 Å². The summed E-state index contributed by atoms with van der Waals surface area (Å²) < 4.78 is 42.9. The van der Waals surface area contributed by atoms with Crippen molar-refractivity contribution in [2.45, 2.75) is 12.6 Å². The van der Waals surface area contributed by atoms with Crippen LogP contribution in [-0.2, 0) is 10.9 Å². The number of anilines is 2. The quantitative estimate of drug-likeness (QED) is 0.852. The Morgan fingerprint density at radius 1 is 1.40 bits per heavy atom. The van der Waals surface area contributed by atoms with Crippen LogP contribution >= 0.6 is 0 Å². The van der Waals surface area contributed by atoms with E-state index >= 15 is 0 Å². The summed E-state index contributed by atoms with van der Waals surface area (Å²) in [5.74, 6) is -0.439. The molecule has 110 valence electrons. The second-order valence-electron chi connectivity index (χ2n) is 3.86. The van der Waals surface area contributed by atoms with Crippen LogP contribution in [0.15, 0.2) is 6.07 Å². The minimum absolute atomic E-state index is 0.0251. The van der Waals surface area contributed by atoms with Crippen LogP contribution in [0.5, 0.6) is 0 Å². The maximum Gasteiger partial charge on any atom is 0.433 e. The van der Waals surface area contributed by atoms with Crippen LogP contribution < -0.4 is 10.6 Å². The standard InChI is InChI=1S/C11H14F3N5O/c1-20-6-5-19(4-2-3-15)9-7-8(11(12,13)14)17-10(16)18-9/h7H,2,4-6H2,1H3,(H2,16,17,18). The zero-order chi connectivity index (χ0) is 15.2. The van der Waals surface area contributed by atoms with Crippen LogP contribution in [0.4, 0.5) is 24.9 Å². The van der Waals surface area contributed by atoms with Crippen molar-refractivity contribution in [3.63, 3.8) is 0 Å². The third-order valence-corrected chi connectivity index (χ3v) is 2.40. The highest BCUT2D eigenvalue weighted by molar-refractivity contribution is 5.44. The molecule has 0 saturated carbocycles. The van der Waals surface area contributed by atoms with Gasteiger partial charge < -0.3 is 15.4 Å². The monoisotopic (exact) mass is 289 g/mol. The Bertz CT molecular complexity index is 486.